The average Bonchev–Trinajstić information content (AvgIpc) is 2.37. The molecule has 0 aromatic heterocycles. The summed E-state index contributed by atoms with van der Waals surface area (Å²) in [5, 5.41) is 13.4. The number of nitrogens with two attached hydrogens (primary N) is 1. The Balaban J connectivity index is 3.14. The van der Waals surface area contributed by atoms with Crippen molar-refractivity contribution >= 4 is 17.5 Å². The van der Waals surface area contributed by atoms with Gasteiger partial charge in [0, 0.05) is 6.07 Å². The lowest BCUT2D eigenvalue weighted by atomic mass is 9.87. The molecule has 0 saturated carbocycles. The van der Waals surface area contributed by atoms with E-state index in [0.29, 0.717) is 0 Å². The normalized spacial score (nSPS) is 13.6. The van der Waals surface area contributed by atoms with Crippen LogP contribution in [0.25, 0.3) is 0 Å². The molecule has 7 heteroatoms. The smallest absolute Gasteiger partial charge is 0.282 e. The fourth-order valence-electron chi connectivity index (χ4n) is 1.62. The number of carbonyl (C=O) groups excluding carboxylic acids is 2. The van der Waals surface area contributed by atoms with E-state index in [2.05, 4.69) is 5.32 Å². The Morgan fingerprint density at radius 2 is 1.90 bits per heavy atom. The van der Waals surface area contributed by atoms with Crippen molar-refractivity contribution in [3.05, 3.63) is 39.9 Å². The van der Waals surface area contributed by atoms with Gasteiger partial charge in [-0.1, -0.05) is 26.0 Å². The van der Waals surface area contributed by atoms with E-state index < -0.39 is 22.3 Å². The molecule has 0 fully saturated rings. The second-order valence-electron chi connectivity index (χ2n) is 4.95. The van der Waals surface area contributed by atoms with E-state index >= 15 is 0 Å². The predicted octanol–water partition coefficient (Wildman–Crippen LogP) is 1.22. The minimum Gasteiger partial charge on any atom is -0.368 e. The van der Waals surface area contributed by atoms with Crippen LogP contribution in [0.1, 0.15) is 31.1 Å². The van der Waals surface area contributed by atoms with Crippen molar-refractivity contribution in [2.45, 2.75) is 26.3 Å². The van der Waals surface area contributed by atoms with Crippen LogP contribution in [0.15, 0.2) is 24.3 Å². The zero-order valence-corrected chi connectivity index (χ0v) is 11.5. The minimum absolute atomic E-state index is 0.106. The topological polar surface area (TPSA) is 115 Å². The summed E-state index contributed by atoms with van der Waals surface area (Å²) < 4.78 is 0. The first-order chi connectivity index (χ1) is 9.20. The number of benzene rings is 1. The maximum Gasteiger partial charge on any atom is 0.282 e. The summed E-state index contributed by atoms with van der Waals surface area (Å²) in [6.45, 7) is 4.95. The quantitative estimate of drug-likeness (QED) is 0.622. The van der Waals surface area contributed by atoms with E-state index in [0.717, 1.165) is 0 Å². The molecule has 2 amide bonds. The molecule has 0 spiro atoms. The maximum absolute atomic E-state index is 12.2. The third-order valence-corrected chi connectivity index (χ3v) is 3.39. The van der Waals surface area contributed by atoms with Crippen LogP contribution in [0, 0.1) is 16.0 Å². The molecule has 0 bridgehead atoms. The van der Waals surface area contributed by atoms with Gasteiger partial charge in [-0.3, -0.25) is 19.7 Å². The molecule has 7 nitrogen and oxygen atoms in total. The molecular weight excluding hydrogens is 262 g/mol. The molecule has 0 unspecified atom stereocenters. The molecular formula is C13H17N3O4. The molecule has 0 aliphatic heterocycles. The molecule has 1 aromatic carbocycles. The lowest BCUT2D eigenvalue weighted by Gasteiger charge is -2.31. The van der Waals surface area contributed by atoms with Crippen LogP contribution in [0.5, 0.6) is 0 Å². The van der Waals surface area contributed by atoms with Gasteiger partial charge in [0.2, 0.25) is 5.91 Å². The number of rotatable bonds is 5. The molecule has 0 radical (unpaired) electrons. The fourth-order valence-corrected chi connectivity index (χ4v) is 1.62. The van der Waals surface area contributed by atoms with Crippen molar-refractivity contribution in [1.82, 2.24) is 5.32 Å². The third kappa shape index (κ3) is 2.93. The molecule has 0 aliphatic rings. The average molecular weight is 279 g/mol. The van der Waals surface area contributed by atoms with Gasteiger partial charge in [0.25, 0.3) is 11.6 Å². The van der Waals surface area contributed by atoms with Crippen LogP contribution < -0.4 is 11.1 Å². The van der Waals surface area contributed by atoms with Crippen molar-refractivity contribution in [3.8, 4) is 0 Å². The number of primary amides is 1. The summed E-state index contributed by atoms with van der Waals surface area (Å²) in [6, 6.07) is 5.53. The van der Waals surface area contributed by atoms with E-state index in [1.54, 1.807) is 13.8 Å². The van der Waals surface area contributed by atoms with Crippen LogP contribution in [0.3, 0.4) is 0 Å². The van der Waals surface area contributed by atoms with Gasteiger partial charge in [0.1, 0.15) is 11.1 Å². The Morgan fingerprint density at radius 3 is 2.35 bits per heavy atom. The second kappa shape index (κ2) is 5.68. The summed E-state index contributed by atoms with van der Waals surface area (Å²) in [6.07, 6.45) is 0. The Bertz CT molecular complexity index is 556. The van der Waals surface area contributed by atoms with Crippen molar-refractivity contribution in [2.75, 3.05) is 0 Å². The van der Waals surface area contributed by atoms with E-state index in [-0.39, 0.29) is 17.2 Å². The van der Waals surface area contributed by atoms with Gasteiger partial charge in [-0.05, 0) is 18.9 Å². The van der Waals surface area contributed by atoms with Crippen LogP contribution in [-0.2, 0) is 4.79 Å². The Morgan fingerprint density at radius 1 is 1.35 bits per heavy atom. The summed E-state index contributed by atoms with van der Waals surface area (Å²) in [4.78, 5) is 33.9. The molecule has 20 heavy (non-hydrogen) atoms. The molecule has 3 N–H and O–H groups in total. The van der Waals surface area contributed by atoms with E-state index in [1.807, 2.05) is 0 Å². The van der Waals surface area contributed by atoms with E-state index in [4.69, 9.17) is 5.73 Å². The van der Waals surface area contributed by atoms with E-state index in [1.165, 1.54) is 31.2 Å². The van der Waals surface area contributed by atoms with Gasteiger partial charge >= 0.3 is 0 Å². The van der Waals surface area contributed by atoms with Crippen LogP contribution in [0.2, 0.25) is 0 Å². The highest BCUT2D eigenvalue weighted by atomic mass is 16.6. The highest BCUT2D eigenvalue weighted by molar-refractivity contribution is 6.01. The standard InChI is InChI=1S/C13H17N3O4/c1-8(2)13(3,12(14)18)15-11(17)9-6-4-5-7-10(9)16(19)20/h4-8H,1-3H3,(H2,14,18)(H,15,17)/t13-/m1/s1. The van der Waals surface area contributed by atoms with Crippen LogP contribution in [-0.4, -0.2) is 22.3 Å². The van der Waals surface area contributed by atoms with Crippen LogP contribution in [0.4, 0.5) is 5.69 Å². The Kier molecular flexibility index (Phi) is 4.44. The summed E-state index contributed by atoms with van der Waals surface area (Å²) >= 11 is 0. The second-order valence-corrected chi connectivity index (χ2v) is 4.95. The zero-order chi connectivity index (χ0) is 15.5. The first kappa shape index (κ1) is 15.6. The number of nitro benzene ring substituents is 1. The fraction of sp³-hybridized carbons (Fsp3) is 0.385. The SMILES string of the molecule is CC(C)[C@@](C)(NC(=O)c1ccccc1[N+](=O)[O-])C(N)=O. The monoisotopic (exact) mass is 279 g/mol. The number of nitro groups is 1. The lowest BCUT2D eigenvalue weighted by molar-refractivity contribution is -0.385. The third-order valence-electron chi connectivity index (χ3n) is 3.39. The highest BCUT2D eigenvalue weighted by Gasteiger charge is 2.37. The molecule has 108 valence electrons. The van der Waals surface area contributed by atoms with Gasteiger partial charge in [-0.2, -0.15) is 0 Å². The lowest BCUT2D eigenvalue weighted by Crippen LogP contribution is -2.58. The largest absolute Gasteiger partial charge is 0.368 e. The summed E-state index contributed by atoms with van der Waals surface area (Å²) in [5.41, 5.74) is 3.61. The first-order valence-corrected chi connectivity index (χ1v) is 6.06. The first-order valence-electron chi connectivity index (χ1n) is 6.06. The van der Waals surface area contributed by atoms with Crippen molar-refractivity contribution in [1.29, 1.82) is 0 Å². The van der Waals surface area contributed by atoms with Gasteiger partial charge in [0.15, 0.2) is 0 Å². The summed E-state index contributed by atoms with van der Waals surface area (Å²) in [7, 11) is 0. The summed E-state index contributed by atoms with van der Waals surface area (Å²) in [5.74, 6) is -1.65. The zero-order valence-electron chi connectivity index (χ0n) is 11.5. The number of hydrogen-bond donors (Lipinski definition) is 2. The molecule has 1 aromatic rings. The van der Waals surface area contributed by atoms with E-state index in [9.17, 15) is 19.7 Å². The van der Waals surface area contributed by atoms with Gasteiger partial charge in [-0.15, -0.1) is 0 Å². The maximum atomic E-state index is 12.2. The number of carbonyl (C=O) groups is 2. The number of nitrogens with one attached hydrogen (secondary N) is 1. The van der Waals surface area contributed by atoms with Crippen molar-refractivity contribution in [2.24, 2.45) is 11.7 Å². The highest BCUT2D eigenvalue weighted by Crippen LogP contribution is 2.21. The predicted molar refractivity (Wildman–Crippen MR) is 73.0 cm³/mol. The number of para-hydroxylation sites is 1. The van der Waals surface area contributed by atoms with Gasteiger partial charge < -0.3 is 11.1 Å². The molecule has 0 saturated heterocycles. The molecule has 0 heterocycles. The molecule has 0 aliphatic carbocycles. The van der Waals surface area contributed by atoms with Gasteiger partial charge in [-0.25, -0.2) is 0 Å². The van der Waals surface area contributed by atoms with Gasteiger partial charge in [0.05, 0.1) is 4.92 Å². The Hall–Kier alpha value is -2.44. The Labute approximate surface area is 116 Å². The molecule has 1 rings (SSSR count). The number of hydrogen-bond acceptors (Lipinski definition) is 4. The van der Waals surface area contributed by atoms with Crippen molar-refractivity contribution < 1.29 is 14.5 Å². The van der Waals surface area contributed by atoms with Crippen molar-refractivity contribution in [3.63, 3.8) is 0 Å². The molecule has 1 atom stereocenters. The number of nitrogens with zero attached hydrogens (tertiary/aromatic N) is 1. The number of amides is 2. The minimum atomic E-state index is -1.28. The van der Waals surface area contributed by atoms with Crippen LogP contribution >= 0.6 is 0 Å².